The van der Waals surface area contributed by atoms with E-state index in [0.717, 1.165) is 49.1 Å². The van der Waals surface area contributed by atoms with Crippen LogP contribution in [0, 0.1) is 5.92 Å². The molecule has 1 aliphatic rings. The van der Waals surface area contributed by atoms with Gasteiger partial charge in [-0.05, 0) is 49.0 Å². The first-order valence-electron chi connectivity index (χ1n) is 8.19. The fourth-order valence-corrected chi connectivity index (χ4v) is 3.45. The highest BCUT2D eigenvalue weighted by Gasteiger charge is 2.18. The first kappa shape index (κ1) is 16.3. The molecule has 0 saturated heterocycles. The Bertz CT molecular complexity index is 439. The zero-order valence-electron chi connectivity index (χ0n) is 13.3. The second-order valence-corrected chi connectivity index (χ2v) is 6.48. The summed E-state index contributed by atoms with van der Waals surface area (Å²) in [5, 5.41) is 11.5. The lowest BCUT2D eigenvalue weighted by atomic mass is 9.89. The van der Waals surface area contributed by atoms with E-state index in [2.05, 4.69) is 27.3 Å². The SMILES string of the molecule is CCN(CC1CCCCC1)C(=S)CCCc1nnnn1C. The monoisotopic (exact) mass is 309 g/mol. The number of nitrogens with zero attached hydrogens (tertiary/aromatic N) is 5. The van der Waals surface area contributed by atoms with Gasteiger partial charge in [-0.2, -0.15) is 0 Å². The molecule has 0 radical (unpaired) electrons. The molecule has 0 unspecified atom stereocenters. The van der Waals surface area contributed by atoms with Gasteiger partial charge >= 0.3 is 0 Å². The summed E-state index contributed by atoms with van der Waals surface area (Å²) >= 11 is 5.64. The van der Waals surface area contributed by atoms with Gasteiger partial charge in [-0.1, -0.05) is 31.5 Å². The number of aryl methyl sites for hydroxylation is 2. The lowest BCUT2D eigenvalue weighted by Gasteiger charge is -2.30. The average Bonchev–Trinajstić information content (AvgIpc) is 2.91. The van der Waals surface area contributed by atoms with E-state index >= 15 is 0 Å². The Kier molecular flexibility index (Phi) is 6.54. The van der Waals surface area contributed by atoms with E-state index in [0.29, 0.717) is 0 Å². The van der Waals surface area contributed by atoms with E-state index in [1.54, 1.807) is 4.68 Å². The number of thiocarbonyl (C=S) groups is 1. The van der Waals surface area contributed by atoms with E-state index < -0.39 is 0 Å². The van der Waals surface area contributed by atoms with Gasteiger partial charge in [-0.15, -0.1) is 5.10 Å². The lowest BCUT2D eigenvalue weighted by molar-refractivity contribution is 0.279. The molecule has 1 aromatic rings. The Morgan fingerprint density at radius 2 is 2.10 bits per heavy atom. The highest BCUT2D eigenvalue weighted by molar-refractivity contribution is 7.80. The van der Waals surface area contributed by atoms with Crippen molar-refractivity contribution in [3.63, 3.8) is 0 Å². The van der Waals surface area contributed by atoms with Crippen molar-refractivity contribution in [3.8, 4) is 0 Å². The van der Waals surface area contributed by atoms with Gasteiger partial charge in [-0.25, -0.2) is 4.68 Å². The Morgan fingerprint density at radius 3 is 2.71 bits per heavy atom. The second kappa shape index (κ2) is 8.41. The molecule has 0 N–H and O–H groups in total. The molecule has 0 amide bonds. The minimum Gasteiger partial charge on any atom is -0.366 e. The third kappa shape index (κ3) is 5.02. The van der Waals surface area contributed by atoms with Gasteiger partial charge in [0, 0.05) is 26.6 Å². The summed E-state index contributed by atoms with van der Waals surface area (Å²) in [5.74, 6) is 1.78. The molecule has 1 fully saturated rings. The summed E-state index contributed by atoms with van der Waals surface area (Å²) in [6.07, 6.45) is 9.84. The van der Waals surface area contributed by atoms with E-state index in [-0.39, 0.29) is 0 Å². The zero-order valence-corrected chi connectivity index (χ0v) is 14.1. The summed E-state index contributed by atoms with van der Waals surface area (Å²) in [6.45, 7) is 4.39. The average molecular weight is 309 g/mol. The van der Waals surface area contributed by atoms with Crippen molar-refractivity contribution in [1.29, 1.82) is 0 Å². The van der Waals surface area contributed by atoms with Crippen molar-refractivity contribution >= 4 is 17.2 Å². The molecule has 0 atom stereocenters. The first-order valence-corrected chi connectivity index (χ1v) is 8.60. The van der Waals surface area contributed by atoms with E-state index in [9.17, 15) is 0 Å². The Hall–Kier alpha value is -1.04. The molecule has 1 aromatic heterocycles. The van der Waals surface area contributed by atoms with Crippen LogP contribution >= 0.6 is 12.2 Å². The molecule has 21 heavy (non-hydrogen) atoms. The van der Waals surface area contributed by atoms with Crippen LogP contribution < -0.4 is 0 Å². The van der Waals surface area contributed by atoms with E-state index in [1.807, 2.05) is 7.05 Å². The third-order valence-corrected chi connectivity index (χ3v) is 4.90. The van der Waals surface area contributed by atoms with Gasteiger partial charge in [0.05, 0.1) is 4.99 Å². The van der Waals surface area contributed by atoms with E-state index in [1.165, 1.54) is 32.1 Å². The van der Waals surface area contributed by atoms with Gasteiger partial charge in [0.25, 0.3) is 0 Å². The molecule has 0 aromatic carbocycles. The standard InChI is InChI=1S/C15H27N5S/c1-3-20(12-13-8-5-4-6-9-13)15(21)11-7-10-14-16-17-18-19(14)2/h13H,3-12H2,1-2H3. The maximum atomic E-state index is 5.64. The highest BCUT2D eigenvalue weighted by atomic mass is 32.1. The number of rotatable bonds is 7. The molecule has 118 valence electrons. The Morgan fingerprint density at radius 1 is 1.33 bits per heavy atom. The third-order valence-electron chi connectivity index (χ3n) is 4.44. The smallest absolute Gasteiger partial charge is 0.150 e. The van der Waals surface area contributed by atoms with Crippen LogP contribution in [0.4, 0.5) is 0 Å². The first-order chi connectivity index (χ1) is 10.2. The predicted octanol–water partition coefficient (Wildman–Crippen LogP) is 2.76. The molecule has 1 aliphatic carbocycles. The van der Waals surface area contributed by atoms with E-state index in [4.69, 9.17) is 12.2 Å². The maximum Gasteiger partial charge on any atom is 0.150 e. The van der Waals surface area contributed by atoms with Crippen LogP contribution in [0.25, 0.3) is 0 Å². The summed E-state index contributed by atoms with van der Waals surface area (Å²) in [4.78, 5) is 3.51. The van der Waals surface area contributed by atoms with Crippen LogP contribution in [0.3, 0.4) is 0 Å². The van der Waals surface area contributed by atoms with Crippen LogP contribution in [-0.4, -0.2) is 43.2 Å². The van der Waals surface area contributed by atoms with Crippen LogP contribution in [-0.2, 0) is 13.5 Å². The second-order valence-electron chi connectivity index (χ2n) is 6.01. The highest BCUT2D eigenvalue weighted by Crippen LogP contribution is 2.24. The minimum absolute atomic E-state index is 0.847. The molecule has 5 nitrogen and oxygen atoms in total. The topological polar surface area (TPSA) is 46.8 Å². The van der Waals surface area contributed by atoms with Gasteiger partial charge in [0.15, 0.2) is 5.82 Å². The normalized spacial score (nSPS) is 16.1. The zero-order chi connectivity index (χ0) is 15.1. The number of hydrogen-bond donors (Lipinski definition) is 0. The summed E-state index contributed by atoms with van der Waals surface area (Å²) in [6, 6.07) is 0. The van der Waals surface area contributed by atoms with Crippen LogP contribution in [0.2, 0.25) is 0 Å². The van der Waals surface area contributed by atoms with Crippen LogP contribution in [0.5, 0.6) is 0 Å². The van der Waals surface area contributed by atoms with Crippen molar-refractivity contribution < 1.29 is 0 Å². The molecular formula is C15H27N5S. The molecule has 0 aliphatic heterocycles. The quantitative estimate of drug-likeness (QED) is 0.725. The molecule has 6 heteroatoms. The van der Waals surface area contributed by atoms with Gasteiger partial charge in [-0.3, -0.25) is 0 Å². The lowest BCUT2D eigenvalue weighted by Crippen LogP contribution is -2.34. The number of tetrazole rings is 1. The van der Waals surface area contributed by atoms with Crippen molar-refractivity contribution in [2.24, 2.45) is 13.0 Å². The fourth-order valence-electron chi connectivity index (χ4n) is 3.10. The molecule has 0 spiro atoms. The fraction of sp³-hybridized carbons (Fsp3) is 0.867. The number of aromatic nitrogens is 4. The molecule has 1 heterocycles. The maximum absolute atomic E-state index is 5.64. The van der Waals surface area contributed by atoms with Crippen molar-refractivity contribution in [1.82, 2.24) is 25.1 Å². The Labute approximate surface area is 133 Å². The minimum atomic E-state index is 0.847. The molecule has 0 bridgehead atoms. The molecule has 1 saturated carbocycles. The largest absolute Gasteiger partial charge is 0.366 e. The molecular weight excluding hydrogens is 282 g/mol. The summed E-state index contributed by atoms with van der Waals surface area (Å²) < 4.78 is 1.74. The van der Waals surface area contributed by atoms with Gasteiger partial charge < -0.3 is 4.90 Å². The van der Waals surface area contributed by atoms with Gasteiger partial charge in [0.2, 0.25) is 0 Å². The summed E-state index contributed by atoms with van der Waals surface area (Å²) in [7, 11) is 1.88. The Balaban J connectivity index is 1.73. The van der Waals surface area contributed by atoms with Crippen LogP contribution in [0.15, 0.2) is 0 Å². The summed E-state index contributed by atoms with van der Waals surface area (Å²) in [5.41, 5.74) is 0. The number of hydrogen-bond acceptors (Lipinski definition) is 4. The van der Waals surface area contributed by atoms with Crippen molar-refractivity contribution in [2.75, 3.05) is 13.1 Å². The van der Waals surface area contributed by atoms with Crippen LogP contribution in [0.1, 0.15) is 57.7 Å². The van der Waals surface area contributed by atoms with Crippen molar-refractivity contribution in [2.45, 2.75) is 58.3 Å². The van der Waals surface area contributed by atoms with Crippen molar-refractivity contribution in [3.05, 3.63) is 5.82 Å². The predicted molar refractivity (Wildman–Crippen MR) is 88.2 cm³/mol. The van der Waals surface area contributed by atoms with Gasteiger partial charge in [0.1, 0.15) is 0 Å². The molecule has 2 rings (SSSR count).